The zero-order valence-electron chi connectivity index (χ0n) is 18.7. The normalized spacial score (nSPS) is 19.1. The Morgan fingerprint density at radius 2 is 1.71 bits per heavy atom. The zero-order valence-corrected chi connectivity index (χ0v) is 18.7. The van der Waals surface area contributed by atoms with E-state index in [1.807, 2.05) is 67.3 Å². The minimum atomic E-state index is 0.0530. The number of ether oxygens (including phenoxy) is 2. The van der Waals surface area contributed by atoms with Crippen LogP contribution >= 0.6 is 0 Å². The number of carbonyl (C=O) groups excluding carboxylic acids is 1. The van der Waals surface area contributed by atoms with Crippen LogP contribution < -0.4 is 15.4 Å². The molecule has 1 aliphatic rings. The molecule has 2 atom stereocenters. The summed E-state index contributed by atoms with van der Waals surface area (Å²) >= 11 is 0. The molecule has 7 heteroatoms. The van der Waals surface area contributed by atoms with Crippen molar-refractivity contribution in [2.75, 3.05) is 27.2 Å². The summed E-state index contributed by atoms with van der Waals surface area (Å²) in [7, 11) is 3.40. The standard InChI is InChI=1S/C24H32N4O3/c1-17-15-28(16-18(2)31-17)23(29)21-10-8-19(9-11-21)13-26-24(25-3)27-14-20-6-5-7-22(12-20)30-4/h5-12,17-18H,13-16H2,1-4H3,(H2,25,26,27). The summed E-state index contributed by atoms with van der Waals surface area (Å²) < 4.78 is 11.0. The molecule has 3 rings (SSSR count). The quantitative estimate of drug-likeness (QED) is 0.551. The maximum absolute atomic E-state index is 12.8. The fraction of sp³-hybridized carbons (Fsp3) is 0.417. The van der Waals surface area contributed by atoms with E-state index >= 15 is 0 Å². The molecule has 0 spiro atoms. The minimum Gasteiger partial charge on any atom is -0.497 e. The van der Waals surface area contributed by atoms with Crippen molar-refractivity contribution in [2.24, 2.45) is 4.99 Å². The maximum atomic E-state index is 12.8. The number of carbonyl (C=O) groups is 1. The second kappa shape index (κ2) is 10.8. The lowest BCUT2D eigenvalue weighted by Crippen LogP contribution is -2.48. The number of methoxy groups -OCH3 is 1. The van der Waals surface area contributed by atoms with E-state index in [1.54, 1.807) is 14.2 Å². The van der Waals surface area contributed by atoms with Crippen LogP contribution in [0.25, 0.3) is 0 Å². The van der Waals surface area contributed by atoms with Gasteiger partial charge in [0.1, 0.15) is 5.75 Å². The van der Waals surface area contributed by atoms with Crippen LogP contribution in [0.1, 0.15) is 35.3 Å². The van der Waals surface area contributed by atoms with E-state index in [0.717, 1.165) is 16.9 Å². The van der Waals surface area contributed by atoms with Gasteiger partial charge in [-0.3, -0.25) is 9.79 Å². The van der Waals surface area contributed by atoms with Crippen LogP contribution in [0, 0.1) is 0 Å². The van der Waals surface area contributed by atoms with Crippen LogP contribution in [0.5, 0.6) is 5.75 Å². The van der Waals surface area contributed by atoms with Gasteiger partial charge in [0, 0.05) is 38.8 Å². The number of hydrogen-bond acceptors (Lipinski definition) is 4. The molecular formula is C24H32N4O3. The Morgan fingerprint density at radius 3 is 2.32 bits per heavy atom. The number of aliphatic imine (C=N–C) groups is 1. The van der Waals surface area contributed by atoms with Crippen molar-refractivity contribution in [3.05, 3.63) is 65.2 Å². The van der Waals surface area contributed by atoms with Gasteiger partial charge in [0.05, 0.1) is 19.3 Å². The molecular weight excluding hydrogens is 392 g/mol. The van der Waals surface area contributed by atoms with E-state index in [4.69, 9.17) is 9.47 Å². The van der Waals surface area contributed by atoms with Crippen molar-refractivity contribution in [3.63, 3.8) is 0 Å². The van der Waals surface area contributed by atoms with E-state index in [9.17, 15) is 4.79 Å². The molecule has 2 unspecified atom stereocenters. The number of amides is 1. The number of benzene rings is 2. The molecule has 0 radical (unpaired) electrons. The van der Waals surface area contributed by atoms with Crippen molar-refractivity contribution in [1.29, 1.82) is 0 Å². The number of nitrogens with one attached hydrogen (secondary N) is 2. The van der Waals surface area contributed by atoms with Gasteiger partial charge in [-0.1, -0.05) is 24.3 Å². The Hall–Kier alpha value is -3.06. The third kappa shape index (κ3) is 6.46. The summed E-state index contributed by atoms with van der Waals surface area (Å²) in [6.45, 7) is 6.50. The maximum Gasteiger partial charge on any atom is 0.254 e. The summed E-state index contributed by atoms with van der Waals surface area (Å²) in [6.07, 6.45) is 0.125. The first kappa shape index (κ1) is 22.6. The molecule has 2 aromatic rings. The first-order chi connectivity index (χ1) is 15.0. The third-order valence-corrected chi connectivity index (χ3v) is 5.19. The van der Waals surface area contributed by atoms with Crippen molar-refractivity contribution >= 4 is 11.9 Å². The van der Waals surface area contributed by atoms with E-state index < -0.39 is 0 Å². The van der Waals surface area contributed by atoms with Crippen molar-refractivity contribution in [1.82, 2.24) is 15.5 Å². The molecule has 2 aromatic carbocycles. The van der Waals surface area contributed by atoms with E-state index in [-0.39, 0.29) is 18.1 Å². The molecule has 7 nitrogen and oxygen atoms in total. The number of guanidine groups is 1. The Balaban J connectivity index is 1.51. The predicted octanol–water partition coefficient (Wildman–Crippen LogP) is 2.81. The molecule has 0 bridgehead atoms. The van der Waals surface area contributed by atoms with Crippen molar-refractivity contribution in [2.45, 2.75) is 39.1 Å². The monoisotopic (exact) mass is 424 g/mol. The smallest absolute Gasteiger partial charge is 0.254 e. The molecule has 0 aliphatic carbocycles. The highest BCUT2D eigenvalue weighted by Gasteiger charge is 2.26. The third-order valence-electron chi connectivity index (χ3n) is 5.19. The van der Waals surface area contributed by atoms with Crippen LogP contribution in [0.4, 0.5) is 0 Å². The van der Waals surface area contributed by atoms with Gasteiger partial charge in [-0.2, -0.15) is 0 Å². The molecule has 0 saturated carbocycles. The molecule has 1 aliphatic heterocycles. The lowest BCUT2D eigenvalue weighted by atomic mass is 10.1. The van der Waals surface area contributed by atoms with Crippen molar-refractivity contribution < 1.29 is 14.3 Å². The fourth-order valence-electron chi connectivity index (χ4n) is 3.67. The predicted molar refractivity (Wildman–Crippen MR) is 122 cm³/mol. The van der Waals surface area contributed by atoms with Gasteiger partial charge in [-0.25, -0.2) is 0 Å². The zero-order chi connectivity index (χ0) is 22.2. The molecule has 1 amide bonds. The van der Waals surface area contributed by atoms with Gasteiger partial charge in [0.2, 0.25) is 0 Å². The average molecular weight is 425 g/mol. The number of morpholine rings is 1. The highest BCUT2D eigenvalue weighted by molar-refractivity contribution is 5.94. The highest BCUT2D eigenvalue weighted by atomic mass is 16.5. The van der Waals surface area contributed by atoms with Crippen LogP contribution in [0.2, 0.25) is 0 Å². The van der Waals surface area contributed by atoms with E-state index in [1.165, 1.54) is 0 Å². The molecule has 0 aromatic heterocycles. The van der Waals surface area contributed by atoms with Crippen molar-refractivity contribution in [3.8, 4) is 5.75 Å². The number of rotatable bonds is 6. The Morgan fingerprint density at radius 1 is 1.06 bits per heavy atom. The first-order valence-electron chi connectivity index (χ1n) is 10.6. The second-order valence-corrected chi connectivity index (χ2v) is 7.80. The molecule has 1 fully saturated rings. The van der Waals surface area contributed by atoms with Crippen LogP contribution in [0.15, 0.2) is 53.5 Å². The Kier molecular flexibility index (Phi) is 7.89. The largest absolute Gasteiger partial charge is 0.497 e. The van der Waals surface area contributed by atoms with Gasteiger partial charge in [-0.05, 0) is 49.2 Å². The van der Waals surface area contributed by atoms with Gasteiger partial charge in [-0.15, -0.1) is 0 Å². The lowest BCUT2D eigenvalue weighted by molar-refractivity contribution is -0.0586. The highest BCUT2D eigenvalue weighted by Crippen LogP contribution is 2.15. The molecule has 166 valence electrons. The van der Waals surface area contributed by atoms with Crippen LogP contribution in [-0.4, -0.2) is 56.2 Å². The summed E-state index contributed by atoms with van der Waals surface area (Å²) in [6, 6.07) is 15.6. The summed E-state index contributed by atoms with van der Waals surface area (Å²) in [4.78, 5) is 18.9. The molecule has 1 saturated heterocycles. The summed E-state index contributed by atoms with van der Waals surface area (Å²) in [5, 5.41) is 6.60. The van der Waals surface area contributed by atoms with Crippen LogP contribution in [-0.2, 0) is 17.8 Å². The SMILES string of the molecule is CN=C(NCc1ccc(C(=O)N2CC(C)OC(C)C2)cc1)NCc1cccc(OC)c1. The van der Waals surface area contributed by atoms with E-state index in [0.29, 0.717) is 37.7 Å². The van der Waals surface area contributed by atoms with Crippen LogP contribution in [0.3, 0.4) is 0 Å². The summed E-state index contributed by atoms with van der Waals surface area (Å²) in [5.74, 6) is 1.59. The van der Waals surface area contributed by atoms with Gasteiger partial charge in [0.15, 0.2) is 5.96 Å². The van der Waals surface area contributed by atoms with Gasteiger partial charge in [0.25, 0.3) is 5.91 Å². The lowest BCUT2D eigenvalue weighted by Gasteiger charge is -2.35. The molecule has 2 N–H and O–H groups in total. The summed E-state index contributed by atoms with van der Waals surface area (Å²) in [5.41, 5.74) is 2.88. The molecule has 1 heterocycles. The average Bonchev–Trinajstić information content (AvgIpc) is 2.78. The fourth-order valence-corrected chi connectivity index (χ4v) is 3.67. The van der Waals surface area contributed by atoms with E-state index in [2.05, 4.69) is 15.6 Å². The van der Waals surface area contributed by atoms with Gasteiger partial charge < -0.3 is 25.0 Å². The minimum absolute atomic E-state index is 0.0530. The first-order valence-corrected chi connectivity index (χ1v) is 10.6. The topological polar surface area (TPSA) is 75.2 Å². The Labute approximate surface area is 184 Å². The molecule has 31 heavy (non-hydrogen) atoms. The number of nitrogens with zero attached hydrogens (tertiary/aromatic N) is 2. The second-order valence-electron chi connectivity index (χ2n) is 7.80. The van der Waals surface area contributed by atoms with Gasteiger partial charge >= 0.3 is 0 Å². The number of hydrogen-bond donors (Lipinski definition) is 2. The Bertz CT molecular complexity index is 888.